The molecule has 1 aromatic heterocycles. The van der Waals surface area contributed by atoms with Crippen LogP contribution in [0.3, 0.4) is 0 Å². The van der Waals surface area contributed by atoms with Crippen molar-refractivity contribution in [3.63, 3.8) is 0 Å². The van der Waals surface area contributed by atoms with E-state index >= 15 is 0 Å². The van der Waals surface area contributed by atoms with E-state index in [1.807, 2.05) is 0 Å². The lowest BCUT2D eigenvalue weighted by Gasteiger charge is -2.07. The third-order valence-corrected chi connectivity index (χ3v) is 6.44. The smallest absolute Gasteiger partial charge is 0.195 e. The SMILES string of the molecule is CCCCCCCCc1ccc(CCCCCCCC)c2sc(C#N)nc12. The van der Waals surface area contributed by atoms with Crippen LogP contribution in [0.5, 0.6) is 0 Å². The molecule has 0 bridgehead atoms. The summed E-state index contributed by atoms with van der Waals surface area (Å²) < 4.78 is 1.27. The molecule has 0 atom stereocenters. The van der Waals surface area contributed by atoms with E-state index in [1.54, 1.807) is 11.3 Å². The average Bonchev–Trinajstić information content (AvgIpc) is 3.13. The minimum Gasteiger partial charge on any atom is -0.226 e. The molecule has 1 heterocycles. The molecular weight excluding hydrogens is 348 g/mol. The standard InChI is InChI=1S/C24H36N2S/c1-3-5-7-9-11-13-15-20-17-18-21(16-14-12-10-8-6-4-2)24-23(20)26-22(19-25)27-24/h17-18H,3-16H2,1-2H3. The molecule has 2 rings (SSSR count). The molecule has 0 fully saturated rings. The van der Waals surface area contributed by atoms with E-state index in [0.717, 1.165) is 18.4 Å². The molecule has 0 N–H and O–H groups in total. The number of unbranched alkanes of at least 4 members (excludes halogenated alkanes) is 10. The van der Waals surface area contributed by atoms with Crippen molar-refractivity contribution in [3.8, 4) is 6.07 Å². The van der Waals surface area contributed by atoms with E-state index in [9.17, 15) is 5.26 Å². The number of hydrogen-bond acceptors (Lipinski definition) is 3. The second kappa shape index (κ2) is 12.9. The highest BCUT2D eigenvalue weighted by Crippen LogP contribution is 2.30. The van der Waals surface area contributed by atoms with Gasteiger partial charge in [0.1, 0.15) is 6.07 Å². The number of aromatic nitrogens is 1. The molecule has 0 saturated carbocycles. The predicted octanol–water partition coefficient (Wildman–Crippen LogP) is 7.97. The molecule has 2 nitrogen and oxygen atoms in total. The average molecular weight is 385 g/mol. The first-order chi connectivity index (χ1) is 13.3. The van der Waals surface area contributed by atoms with Crippen LogP contribution in [0.15, 0.2) is 12.1 Å². The van der Waals surface area contributed by atoms with E-state index in [2.05, 4.69) is 37.0 Å². The van der Waals surface area contributed by atoms with Crippen LogP contribution in [0.4, 0.5) is 0 Å². The van der Waals surface area contributed by atoms with Crippen molar-refractivity contribution in [2.45, 2.75) is 104 Å². The van der Waals surface area contributed by atoms with E-state index in [1.165, 1.54) is 92.9 Å². The van der Waals surface area contributed by atoms with Gasteiger partial charge in [0.25, 0.3) is 0 Å². The Bertz CT molecular complexity index is 658. The zero-order valence-corrected chi connectivity index (χ0v) is 18.2. The van der Waals surface area contributed by atoms with Gasteiger partial charge in [-0.25, -0.2) is 4.98 Å². The molecule has 148 valence electrons. The summed E-state index contributed by atoms with van der Waals surface area (Å²) >= 11 is 1.59. The van der Waals surface area contributed by atoms with Gasteiger partial charge >= 0.3 is 0 Å². The van der Waals surface area contributed by atoms with Crippen LogP contribution in [0.1, 0.15) is 107 Å². The third kappa shape index (κ3) is 7.26. The summed E-state index contributed by atoms with van der Waals surface area (Å²) in [6.07, 6.45) is 18.0. The largest absolute Gasteiger partial charge is 0.226 e. The topological polar surface area (TPSA) is 36.7 Å². The van der Waals surface area contributed by atoms with E-state index < -0.39 is 0 Å². The van der Waals surface area contributed by atoms with Crippen LogP contribution in [0.2, 0.25) is 0 Å². The number of aryl methyl sites for hydroxylation is 2. The summed E-state index contributed by atoms with van der Waals surface area (Å²) in [6.45, 7) is 4.53. The number of fused-ring (bicyclic) bond motifs is 1. The van der Waals surface area contributed by atoms with Gasteiger partial charge in [-0.3, -0.25) is 0 Å². The van der Waals surface area contributed by atoms with Crippen LogP contribution < -0.4 is 0 Å². The van der Waals surface area contributed by atoms with Crippen molar-refractivity contribution >= 4 is 21.6 Å². The highest BCUT2D eigenvalue weighted by Gasteiger charge is 2.12. The van der Waals surface area contributed by atoms with Crippen LogP contribution in [-0.2, 0) is 12.8 Å². The Balaban J connectivity index is 1.95. The Morgan fingerprint density at radius 1 is 0.778 bits per heavy atom. The van der Waals surface area contributed by atoms with Crippen LogP contribution in [0.25, 0.3) is 10.2 Å². The van der Waals surface area contributed by atoms with Gasteiger partial charge in [-0.15, -0.1) is 11.3 Å². The van der Waals surface area contributed by atoms with E-state index in [0.29, 0.717) is 5.01 Å². The number of hydrogen-bond donors (Lipinski definition) is 0. The maximum absolute atomic E-state index is 9.31. The highest BCUT2D eigenvalue weighted by atomic mass is 32.1. The molecule has 0 aliphatic heterocycles. The summed E-state index contributed by atoms with van der Waals surface area (Å²) in [5.41, 5.74) is 3.84. The van der Waals surface area contributed by atoms with E-state index in [4.69, 9.17) is 0 Å². The summed E-state index contributed by atoms with van der Waals surface area (Å²) in [4.78, 5) is 4.65. The fraction of sp³-hybridized carbons (Fsp3) is 0.667. The number of thiazole rings is 1. The van der Waals surface area contributed by atoms with Crippen LogP contribution in [0, 0.1) is 11.3 Å². The second-order valence-electron chi connectivity index (χ2n) is 7.73. The van der Waals surface area contributed by atoms with Crippen molar-refractivity contribution in [2.24, 2.45) is 0 Å². The zero-order chi connectivity index (χ0) is 19.3. The van der Waals surface area contributed by atoms with Gasteiger partial charge in [-0.05, 0) is 36.8 Å². The Labute approximate surface area is 170 Å². The quantitative estimate of drug-likeness (QED) is 0.310. The van der Waals surface area contributed by atoms with Gasteiger partial charge in [0.2, 0.25) is 0 Å². The fourth-order valence-corrected chi connectivity index (χ4v) is 4.70. The van der Waals surface area contributed by atoms with E-state index in [-0.39, 0.29) is 0 Å². The molecule has 0 saturated heterocycles. The lowest BCUT2D eigenvalue weighted by atomic mass is 10.00. The molecule has 2 aromatic rings. The summed E-state index contributed by atoms with van der Waals surface area (Å²) in [5.74, 6) is 0. The molecule has 0 aliphatic rings. The van der Waals surface area contributed by atoms with Crippen molar-refractivity contribution in [2.75, 3.05) is 0 Å². The van der Waals surface area contributed by atoms with Gasteiger partial charge in [0, 0.05) is 0 Å². The Hall–Kier alpha value is -1.40. The van der Waals surface area contributed by atoms with Crippen molar-refractivity contribution in [1.29, 1.82) is 5.26 Å². The first kappa shape index (κ1) is 21.9. The third-order valence-electron chi connectivity index (χ3n) is 5.40. The summed E-state index contributed by atoms with van der Waals surface area (Å²) in [5, 5.41) is 9.93. The Morgan fingerprint density at radius 3 is 1.89 bits per heavy atom. The Kier molecular flexibility index (Phi) is 10.5. The van der Waals surface area contributed by atoms with Crippen LogP contribution >= 0.6 is 11.3 Å². The Morgan fingerprint density at radius 2 is 1.30 bits per heavy atom. The molecular formula is C24H36N2S. The van der Waals surface area contributed by atoms with Crippen molar-refractivity contribution < 1.29 is 0 Å². The lowest BCUT2D eigenvalue weighted by molar-refractivity contribution is 0.607. The van der Waals surface area contributed by atoms with Gasteiger partial charge in [0.15, 0.2) is 5.01 Å². The maximum Gasteiger partial charge on any atom is 0.195 e. The monoisotopic (exact) mass is 384 g/mol. The predicted molar refractivity (Wildman–Crippen MR) is 118 cm³/mol. The van der Waals surface area contributed by atoms with Gasteiger partial charge in [-0.1, -0.05) is 90.2 Å². The highest BCUT2D eigenvalue weighted by molar-refractivity contribution is 7.19. The van der Waals surface area contributed by atoms with Gasteiger partial charge < -0.3 is 0 Å². The molecule has 0 aliphatic carbocycles. The molecule has 0 spiro atoms. The molecule has 1 aromatic carbocycles. The van der Waals surface area contributed by atoms with Crippen molar-refractivity contribution in [1.82, 2.24) is 4.98 Å². The molecule has 3 heteroatoms. The molecule has 27 heavy (non-hydrogen) atoms. The maximum atomic E-state index is 9.31. The minimum atomic E-state index is 0.615. The fourth-order valence-electron chi connectivity index (χ4n) is 3.75. The summed E-state index contributed by atoms with van der Waals surface area (Å²) in [7, 11) is 0. The minimum absolute atomic E-state index is 0.615. The molecule has 0 radical (unpaired) electrons. The molecule has 0 amide bonds. The van der Waals surface area contributed by atoms with Crippen LogP contribution in [-0.4, -0.2) is 4.98 Å². The number of nitrogens with zero attached hydrogens (tertiary/aromatic N) is 2. The van der Waals surface area contributed by atoms with Gasteiger partial charge in [0.05, 0.1) is 10.2 Å². The lowest BCUT2D eigenvalue weighted by Crippen LogP contribution is -1.93. The number of nitriles is 1. The first-order valence-electron chi connectivity index (χ1n) is 11.1. The normalized spacial score (nSPS) is 11.1. The second-order valence-corrected chi connectivity index (χ2v) is 8.73. The number of rotatable bonds is 14. The zero-order valence-electron chi connectivity index (χ0n) is 17.4. The van der Waals surface area contributed by atoms with Gasteiger partial charge in [-0.2, -0.15) is 5.26 Å². The van der Waals surface area contributed by atoms with Crippen molar-refractivity contribution in [3.05, 3.63) is 28.3 Å². The summed E-state index contributed by atoms with van der Waals surface area (Å²) in [6, 6.07) is 6.84. The number of benzene rings is 1. The molecule has 0 unspecified atom stereocenters. The first-order valence-corrected chi connectivity index (χ1v) is 11.9.